The van der Waals surface area contributed by atoms with Crippen molar-refractivity contribution < 1.29 is 0 Å². The Bertz CT molecular complexity index is 477. The van der Waals surface area contributed by atoms with Crippen LogP contribution in [0.3, 0.4) is 0 Å². The van der Waals surface area contributed by atoms with Gasteiger partial charge in [-0.25, -0.2) is 4.68 Å². The van der Waals surface area contributed by atoms with Crippen molar-refractivity contribution in [3.05, 3.63) is 34.8 Å². The van der Waals surface area contributed by atoms with Gasteiger partial charge in [-0.3, -0.25) is 4.79 Å². The number of thiol groups is 1. The van der Waals surface area contributed by atoms with E-state index in [0.29, 0.717) is 12.3 Å². The Morgan fingerprint density at radius 3 is 2.72 bits per heavy atom. The summed E-state index contributed by atoms with van der Waals surface area (Å²) in [5.41, 5.74) is 1.76. The van der Waals surface area contributed by atoms with Crippen LogP contribution in [-0.2, 0) is 6.54 Å². The first-order valence-corrected chi connectivity index (χ1v) is 6.93. The zero-order valence-corrected chi connectivity index (χ0v) is 11.4. The van der Waals surface area contributed by atoms with Crippen molar-refractivity contribution in [2.24, 2.45) is 0 Å². The number of hydrogen-bond acceptors (Lipinski definition) is 4. The highest BCUT2D eigenvalue weighted by Gasteiger charge is 2.12. The number of nitrogens with zero attached hydrogens (tertiary/aromatic N) is 3. The van der Waals surface area contributed by atoms with Crippen LogP contribution in [-0.4, -0.2) is 28.6 Å². The summed E-state index contributed by atoms with van der Waals surface area (Å²) in [5, 5.41) is 4.21. The van der Waals surface area contributed by atoms with Gasteiger partial charge in [0.25, 0.3) is 5.56 Å². The molecule has 18 heavy (non-hydrogen) atoms. The van der Waals surface area contributed by atoms with Crippen LogP contribution in [0, 0.1) is 0 Å². The quantitative estimate of drug-likeness (QED) is 0.665. The molecule has 0 radical (unpaired) electrons. The van der Waals surface area contributed by atoms with Gasteiger partial charge in [-0.05, 0) is 24.8 Å². The third kappa shape index (κ3) is 3.16. The van der Waals surface area contributed by atoms with Crippen LogP contribution >= 0.6 is 12.6 Å². The van der Waals surface area contributed by atoms with E-state index in [1.165, 1.54) is 23.9 Å². The van der Waals surface area contributed by atoms with E-state index in [9.17, 15) is 4.79 Å². The first-order valence-electron chi connectivity index (χ1n) is 6.30. The molecule has 0 saturated carbocycles. The summed E-state index contributed by atoms with van der Waals surface area (Å²) >= 11 is 4.13. The summed E-state index contributed by atoms with van der Waals surface area (Å²) in [5.74, 6) is 0.571. The first-order chi connectivity index (χ1) is 8.70. The number of anilines is 1. The number of rotatable bonds is 4. The van der Waals surface area contributed by atoms with E-state index in [-0.39, 0.29) is 5.56 Å². The third-order valence-corrected chi connectivity index (χ3v) is 3.62. The van der Waals surface area contributed by atoms with E-state index in [1.54, 1.807) is 12.3 Å². The molecule has 1 saturated heterocycles. The van der Waals surface area contributed by atoms with E-state index < -0.39 is 0 Å². The van der Waals surface area contributed by atoms with Crippen LogP contribution in [0.5, 0.6) is 0 Å². The fourth-order valence-electron chi connectivity index (χ4n) is 2.13. The summed E-state index contributed by atoms with van der Waals surface area (Å²) in [6.45, 7) is 6.33. The number of piperidine rings is 1. The SMILES string of the molecule is C=C(CS)Cn1ncc(N2CCCCC2)cc1=O. The van der Waals surface area contributed by atoms with Gasteiger partial charge in [-0.2, -0.15) is 17.7 Å². The molecule has 0 aliphatic carbocycles. The lowest BCUT2D eigenvalue weighted by atomic mass is 10.1. The predicted octanol–water partition coefficient (Wildman–Crippen LogP) is 1.72. The van der Waals surface area contributed by atoms with Crippen molar-refractivity contribution in [3.8, 4) is 0 Å². The summed E-state index contributed by atoms with van der Waals surface area (Å²) < 4.78 is 1.44. The van der Waals surface area contributed by atoms with E-state index >= 15 is 0 Å². The molecule has 0 amide bonds. The van der Waals surface area contributed by atoms with Gasteiger partial charge in [0.2, 0.25) is 0 Å². The molecule has 1 fully saturated rings. The van der Waals surface area contributed by atoms with E-state index in [0.717, 1.165) is 24.4 Å². The van der Waals surface area contributed by atoms with E-state index in [2.05, 4.69) is 29.2 Å². The minimum atomic E-state index is -0.0685. The van der Waals surface area contributed by atoms with Gasteiger partial charge in [-0.15, -0.1) is 0 Å². The van der Waals surface area contributed by atoms with Crippen molar-refractivity contribution in [3.63, 3.8) is 0 Å². The van der Waals surface area contributed by atoms with Crippen LogP contribution in [0.1, 0.15) is 19.3 Å². The average molecular weight is 265 g/mol. The molecule has 2 heterocycles. The van der Waals surface area contributed by atoms with Gasteiger partial charge in [0.05, 0.1) is 18.4 Å². The van der Waals surface area contributed by atoms with Crippen molar-refractivity contribution in [1.82, 2.24) is 9.78 Å². The van der Waals surface area contributed by atoms with E-state index in [4.69, 9.17) is 0 Å². The van der Waals surface area contributed by atoms with Crippen LogP contribution in [0.15, 0.2) is 29.2 Å². The van der Waals surface area contributed by atoms with Crippen molar-refractivity contribution >= 4 is 18.3 Å². The predicted molar refractivity (Wildman–Crippen MR) is 77.6 cm³/mol. The zero-order chi connectivity index (χ0) is 13.0. The Hall–Kier alpha value is -1.23. The summed E-state index contributed by atoms with van der Waals surface area (Å²) in [6.07, 6.45) is 5.44. The van der Waals surface area contributed by atoms with Crippen molar-refractivity contribution in [2.75, 3.05) is 23.7 Å². The highest BCUT2D eigenvalue weighted by molar-refractivity contribution is 7.80. The minimum absolute atomic E-state index is 0.0685. The molecule has 1 aromatic heterocycles. The molecule has 2 rings (SSSR count). The summed E-state index contributed by atoms with van der Waals surface area (Å²) in [4.78, 5) is 14.2. The molecule has 0 N–H and O–H groups in total. The molecular formula is C13H19N3OS. The van der Waals surface area contributed by atoms with Crippen LogP contribution in [0.2, 0.25) is 0 Å². The Balaban J connectivity index is 2.13. The Labute approximate surface area is 113 Å². The van der Waals surface area contributed by atoms with Crippen molar-refractivity contribution in [1.29, 1.82) is 0 Å². The molecule has 1 aromatic rings. The lowest BCUT2D eigenvalue weighted by Crippen LogP contribution is -2.32. The van der Waals surface area contributed by atoms with Gasteiger partial charge >= 0.3 is 0 Å². The average Bonchev–Trinajstić information content (AvgIpc) is 2.42. The maximum Gasteiger partial charge on any atom is 0.269 e. The summed E-state index contributed by atoms with van der Waals surface area (Å²) in [6, 6.07) is 1.67. The standard InChI is InChI=1S/C13H19N3OS/c1-11(10-18)9-16-13(17)7-12(8-14-16)15-5-3-2-4-6-15/h7-8,18H,1-6,9-10H2. The molecule has 0 aromatic carbocycles. The largest absolute Gasteiger partial charge is 0.370 e. The highest BCUT2D eigenvalue weighted by atomic mass is 32.1. The lowest BCUT2D eigenvalue weighted by Gasteiger charge is -2.28. The summed E-state index contributed by atoms with van der Waals surface area (Å²) in [7, 11) is 0. The van der Waals surface area contributed by atoms with Gasteiger partial charge in [0, 0.05) is 24.9 Å². The maximum atomic E-state index is 11.9. The zero-order valence-electron chi connectivity index (χ0n) is 10.5. The molecular weight excluding hydrogens is 246 g/mol. The highest BCUT2D eigenvalue weighted by Crippen LogP contribution is 2.16. The molecule has 0 atom stereocenters. The lowest BCUT2D eigenvalue weighted by molar-refractivity contribution is 0.571. The first kappa shape index (κ1) is 13.2. The molecule has 1 aliphatic rings. The molecule has 0 bridgehead atoms. The molecule has 0 unspecified atom stereocenters. The molecule has 1 aliphatic heterocycles. The fraction of sp³-hybridized carbons (Fsp3) is 0.538. The van der Waals surface area contributed by atoms with Gasteiger partial charge in [0.1, 0.15) is 0 Å². The third-order valence-electron chi connectivity index (χ3n) is 3.17. The fourth-order valence-corrected chi connectivity index (χ4v) is 2.23. The molecule has 4 nitrogen and oxygen atoms in total. The minimum Gasteiger partial charge on any atom is -0.370 e. The van der Waals surface area contributed by atoms with Gasteiger partial charge in [-0.1, -0.05) is 6.58 Å². The number of hydrogen-bond donors (Lipinski definition) is 1. The van der Waals surface area contributed by atoms with Crippen LogP contribution in [0.25, 0.3) is 0 Å². The normalized spacial score (nSPS) is 15.7. The smallest absolute Gasteiger partial charge is 0.269 e. The molecule has 5 heteroatoms. The maximum absolute atomic E-state index is 11.9. The van der Waals surface area contributed by atoms with Gasteiger partial charge in [0.15, 0.2) is 0 Å². The van der Waals surface area contributed by atoms with E-state index in [1.807, 2.05) is 0 Å². The second-order valence-corrected chi connectivity index (χ2v) is 4.98. The second-order valence-electron chi connectivity index (χ2n) is 4.67. The Morgan fingerprint density at radius 1 is 1.39 bits per heavy atom. The Kier molecular flexibility index (Phi) is 4.47. The second kappa shape index (κ2) is 6.09. The number of aromatic nitrogens is 2. The Morgan fingerprint density at radius 2 is 2.11 bits per heavy atom. The molecule has 0 spiro atoms. The van der Waals surface area contributed by atoms with Crippen LogP contribution < -0.4 is 10.5 Å². The monoisotopic (exact) mass is 265 g/mol. The van der Waals surface area contributed by atoms with Crippen molar-refractivity contribution in [2.45, 2.75) is 25.8 Å². The van der Waals surface area contributed by atoms with Crippen LogP contribution in [0.4, 0.5) is 5.69 Å². The topological polar surface area (TPSA) is 38.1 Å². The van der Waals surface area contributed by atoms with Gasteiger partial charge < -0.3 is 4.90 Å². The molecule has 98 valence electrons.